The van der Waals surface area contributed by atoms with Crippen LogP contribution in [-0.2, 0) is 0 Å². The molecule has 0 aliphatic carbocycles. The molecule has 1 heterocycles. The molecule has 0 saturated heterocycles. The average Bonchev–Trinajstić information content (AvgIpc) is 2.95. The van der Waals surface area contributed by atoms with Crippen molar-refractivity contribution in [3.05, 3.63) is 66.7 Å². The Hall–Kier alpha value is -1.34. The molecule has 0 aliphatic rings. The third kappa shape index (κ3) is 2.59. The van der Waals surface area contributed by atoms with Crippen LogP contribution in [0.15, 0.2) is 76.5 Å². The standard InChI is InChI=1S/C20H17PS2/c1-22-15-8-10-19-17(12-15)18-13-16(23-2)9-11-20(18)21(19)14-6-4-3-5-7-14/h3-13H,1-2H3. The SMILES string of the molecule is CSc1ccc2c(c1)c1cc(SC)ccc1p2-c1ccccc1. The van der Waals surface area contributed by atoms with E-state index in [1.807, 2.05) is 23.5 Å². The fraction of sp³-hybridized carbons (Fsp3) is 0.100. The third-order valence-electron chi connectivity index (χ3n) is 4.19. The van der Waals surface area contributed by atoms with Crippen molar-refractivity contribution >= 4 is 52.1 Å². The number of hydrogen-bond donors (Lipinski definition) is 0. The Morgan fingerprint density at radius 1 is 0.652 bits per heavy atom. The number of thioether (sulfide) groups is 2. The number of hydrogen-bond acceptors (Lipinski definition) is 2. The van der Waals surface area contributed by atoms with Gasteiger partial charge in [-0.3, -0.25) is 0 Å². The van der Waals surface area contributed by atoms with Gasteiger partial charge in [-0.2, -0.15) is 0 Å². The van der Waals surface area contributed by atoms with E-state index in [1.54, 1.807) is 0 Å². The Morgan fingerprint density at radius 3 is 1.65 bits per heavy atom. The van der Waals surface area contributed by atoms with Crippen LogP contribution in [0.2, 0.25) is 0 Å². The minimum Gasteiger partial charge on any atom is -0.130 e. The Labute approximate surface area is 146 Å². The summed E-state index contributed by atoms with van der Waals surface area (Å²) in [6, 6.07) is 24.9. The van der Waals surface area contributed by atoms with Gasteiger partial charge in [-0.1, -0.05) is 37.9 Å². The maximum absolute atomic E-state index is 2.37. The van der Waals surface area contributed by atoms with Gasteiger partial charge < -0.3 is 0 Å². The van der Waals surface area contributed by atoms with Gasteiger partial charge in [0, 0.05) is 20.0 Å². The summed E-state index contributed by atoms with van der Waals surface area (Å²) in [5, 5.41) is 7.29. The van der Waals surface area contributed by atoms with E-state index < -0.39 is 7.53 Å². The van der Waals surface area contributed by atoms with Crippen LogP contribution in [0.3, 0.4) is 0 Å². The van der Waals surface area contributed by atoms with Gasteiger partial charge in [-0.25, -0.2) is 0 Å². The fourth-order valence-corrected chi connectivity index (χ4v) is 6.56. The van der Waals surface area contributed by atoms with Crippen LogP contribution in [0, 0.1) is 0 Å². The van der Waals surface area contributed by atoms with Gasteiger partial charge in [-0.15, -0.1) is 23.5 Å². The molecule has 23 heavy (non-hydrogen) atoms. The van der Waals surface area contributed by atoms with Crippen molar-refractivity contribution in [2.75, 3.05) is 12.5 Å². The largest absolute Gasteiger partial charge is 0.130 e. The number of benzene rings is 3. The van der Waals surface area contributed by atoms with E-state index in [0.29, 0.717) is 0 Å². The normalized spacial score (nSPS) is 11.4. The van der Waals surface area contributed by atoms with Crippen LogP contribution in [0.25, 0.3) is 26.3 Å². The smallest absolute Gasteiger partial charge is 0.00759 e. The van der Waals surface area contributed by atoms with Gasteiger partial charge in [-0.05, 0) is 65.0 Å². The zero-order valence-corrected chi connectivity index (χ0v) is 15.6. The molecule has 0 aliphatic heterocycles. The van der Waals surface area contributed by atoms with Crippen LogP contribution < -0.4 is 0 Å². The first kappa shape index (κ1) is 15.2. The quantitative estimate of drug-likeness (QED) is 0.352. The first-order valence-electron chi connectivity index (χ1n) is 7.53. The lowest BCUT2D eigenvalue weighted by atomic mass is 10.1. The van der Waals surface area contributed by atoms with Crippen LogP contribution >= 0.6 is 31.1 Å². The summed E-state index contributed by atoms with van der Waals surface area (Å²) >= 11 is 3.64. The van der Waals surface area contributed by atoms with E-state index in [0.717, 1.165) is 0 Å². The highest BCUT2D eigenvalue weighted by atomic mass is 32.2. The Bertz CT molecular complexity index is 926. The van der Waals surface area contributed by atoms with E-state index in [4.69, 9.17) is 0 Å². The molecule has 0 unspecified atom stereocenters. The molecular weight excluding hydrogens is 335 g/mol. The highest BCUT2D eigenvalue weighted by Gasteiger charge is 2.14. The lowest BCUT2D eigenvalue weighted by Crippen LogP contribution is -1.71. The van der Waals surface area contributed by atoms with Crippen molar-refractivity contribution < 1.29 is 0 Å². The molecule has 1 aromatic heterocycles. The van der Waals surface area contributed by atoms with Crippen molar-refractivity contribution in [2.24, 2.45) is 0 Å². The molecule has 0 nitrogen and oxygen atoms in total. The second-order valence-electron chi connectivity index (χ2n) is 5.44. The van der Waals surface area contributed by atoms with Gasteiger partial charge in [0.05, 0.1) is 0 Å². The molecule has 0 fully saturated rings. The average molecular weight is 352 g/mol. The molecule has 0 amide bonds. The molecular formula is C20H17PS2. The first-order valence-corrected chi connectivity index (χ1v) is 11.3. The lowest BCUT2D eigenvalue weighted by Gasteiger charge is -2.04. The summed E-state index contributed by atoms with van der Waals surface area (Å²) in [7, 11) is -0.425. The van der Waals surface area contributed by atoms with E-state index in [2.05, 4.69) is 79.2 Å². The number of fused-ring (bicyclic) bond motifs is 3. The molecule has 0 N–H and O–H groups in total. The molecule has 3 heteroatoms. The summed E-state index contributed by atoms with van der Waals surface area (Å²) < 4.78 is 0. The van der Waals surface area contributed by atoms with Crippen molar-refractivity contribution in [1.29, 1.82) is 0 Å². The van der Waals surface area contributed by atoms with Gasteiger partial charge in [0.25, 0.3) is 0 Å². The minimum atomic E-state index is -0.425. The Kier molecular flexibility index (Phi) is 4.15. The van der Waals surface area contributed by atoms with Crippen LogP contribution in [0.1, 0.15) is 0 Å². The predicted octanol–water partition coefficient (Wildman–Crippen LogP) is 7.41. The van der Waals surface area contributed by atoms with Gasteiger partial charge >= 0.3 is 0 Å². The van der Waals surface area contributed by atoms with Crippen molar-refractivity contribution in [1.82, 2.24) is 0 Å². The molecule has 114 valence electrons. The zero-order chi connectivity index (χ0) is 15.8. The summed E-state index contributed by atoms with van der Waals surface area (Å²) in [6.45, 7) is 0. The molecule has 0 radical (unpaired) electrons. The molecule has 0 atom stereocenters. The highest BCUT2D eigenvalue weighted by molar-refractivity contribution is 7.98. The maximum Gasteiger partial charge on any atom is 0.00759 e. The maximum atomic E-state index is 2.37. The summed E-state index contributed by atoms with van der Waals surface area (Å²) in [5.74, 6) is 0. The first-order chi connectivity index (χ1) is 11.3. The molecule has 0 spiro atoms. The molecule has 0 bridgehead atoms. The minimum absolute atomic E-state index is 0.425. The topological polar surface area (TPSA) is 0 Å². The van der Waals surface area contributed by atoms with Crippen LogP contribution in [0.4, 0.5) is 0 Å². The number of rotatable bonds is 3. The zero-order valence-electron chi connectivity index (χ0n) is 13.1. The van der Waals surface area contributed by atoms with Crippen LogP contribution in [-0.4, -0.2) is 12.5 Å². The second-order valence-corrected chi connectivity index (χ2v) is 9.35. The van der Waals surface area contributed by atoms with E-state index in [-0.39, 0.29) is 0 Å². The Morgan fingerprint density at radius 2 is 1.17 bits per heavy atom. The third-order valence-corrected chi connectivity index (χ3v) is 8.20. The molecule has 3 aromatic carbocycles. The van der Waals surface area contributed by atoms with E-state index in [1.165, 1.54) is 36.1 Å². The summed E-state index contributed by atoms with van der Waals surface area (Å²) in [5.41, 5.74) is 0. The molecule has 0 saturated carbocycles. The lowest BCUT2D eigenvalue weighted by molar-refractivity contribution is 1.52. The van der Waals surface area contributed by atoms with E-state index in [9.17, 15) is 0 Å². The summed E-state index contributed by atoms with van der Waals surface area (Å²) in [6.07, 6.45) is 4.30. The van der Waals surface area contributed by atoms with E-state index >= 15 is 0 Å². The summed E-state index contributed by atoms with van der Waals surface area (Å²) in [4.78, 5) is 2.68. The molecule has 4 rings (SSSR count). The van der Waals surface area contributed by atoms with Gasteiger partial charge in [0.15, 0.2) is 0 Å². The van der Waals surface area contributed by atoms with Gasteiger partial charge in [0.1, 0.15) is 0 Å². The predicted molar refractivity (Wildman–Crippen MR) is 109 cm³/mol. The van der Waals surface area contributed by atoms with Crippen molar-refractivity contribution in [3.63, 3.8) is 0 Å². The second kappa shape index (κ2) is 6.28. The molecule has 4 aromatic rings. The van der Waals surface area contributed by atoms with Crippen LogP contribution in [0.5, 0.6) is 0 Å². The fourth-order valence-electron chi connectivity index (χ4n) is 3.09. The van der Waals surface area contributed by atoms with Gasteiger partial charge in [0.2, 0.25) is 0 Å². The highest BCUT2D eigenvalue weighted by Crippen LogP contribution is 2.55. The monoisotopic (exact) mass is 352 g/mol. The Balaban J connectivity index is 2.15. The van der Waals surface area contributed by atoms with Crippen molar-refractivity contribution in [3.8, 4) is 5.30 Å². The van der Waals surface area contributed by atoms with Crippen molar-refractivity contribution in [2.45, 2.75) is 9.79 Å².